The number of nitrogens with two attached hydrogens (primary N) is 1. The summed E-state index contributed by atoms with van der Waals surface area (Å²) in [6.07, 6.45) is 9.26. The van der Waals surface area contributed by atoms with Crippen molar-refractivity contribution in [3.8, 4) is 22.9 Å². The van der Waals surface area contributed by atoms with Gasteiger partial charge in [-0.2, -0.15) is 4.39 Å². The number of ether oxygens (including phenoxy) is 1. The Hall–Kier alpha value is -5.74. The van der Waals surface area contributed by atoms with Crippen molar-refractivity contribution in [1.29, 1.82) is 0 Å². The highest BCUT2D eigenvalue weighted by Gasteiger charge is 2.20. The molecule has 0 radical (unpaired) electrons. The highest BCUT2D eigenvalue weighted by molar-refractivity contribution is 5.96. The van der Waals surface area contributed by atoms with Crippen molar-refractivity contribution in [1.82, 2.24) is 45.6 Å². The number of carbonyl (C=O) groups excluding carboxylic acids is 2. The molecule has 5 aromatic rings. The minimum absolute atomic E-state index is 0.0212. The molecule has 16 heteroatoms. The zero-order chi connectivity index (χ0) is 35.3. The molecule has 0 aliphatic carbocycles. The van der Waals surface area contributed by atoms with Gasteiger partial charge < -0.3 is 37.1 Å². The Balaban J connectivity index is 1.18. The average molecular weight is 688 g/mol. The van der Waals surface area contributed by atoms with Gasteiger partial charge in [-0.3, -0.25) is 9.20 Å². The summed E-state index contributed by atoms with van der Waals surface area (Å²) in [5.41, 5.74) is 8.12. The second-order valence-electron chi connectivity index (χ2n) is 11.0. The normalized spacial score (nSPS) is 11.0. The van der Waals surface area contributed by atoms with Crippen molar-refractivity contribution in [3.05, 3.63) is 90.3 Å². The fraction of sp³-hybridized carbons (Fsp3) is 0.294. The van der Waals surface area contributed by atoms with Gasteiger partial charge in [0.15, 0.2) is 23.0 Å². The van der Waals surface area contributed by atoms with Crippen LogP contribution in [0.5, 0.6) is 11.6 Å². The summed E-state index contributed by atoms with van der Waals surface area (Å²) >= 11 is 0. The molecule has 3 heterocycles. The first-order valence-electron chi connectivity index (χ1n) is 16.2. The minimum atomic E-state index is -1.17. The fourth-order valence-corrected chi connectivity index (χ4v) is 5.06. The average Bonchev–Trinajstić information content (AvgIpc) is 3.57. The molecule has 0 aliphatic rings. The number of aromatic nitrogens is 5. The Bertz CT molecular complexity index is 1910. The number of urea groups is 1. The van der Waals surface area contributed by atoms with Gasteiger partial charge in [0.05, 0.1) is 11.9 Å². The number of rotatable bonds is 17. The van der Waals surface area contributed by atoms with Crippen LogP contribution in [0.1, 0.15) is 35.7 Å². The summed E-state index contributed by atoms with van der Waals surface area (Å²) in [5, 5.41) is 14.9. The summed E-state index contributed by atoms with van der Waals surface area (Å²) in [7, 11) is 0. The van der Waals surface area contributed by atoms with Gasteiger partial charge in [0, 0.05) is 67.7 Å². The first-order chi connectivity index (χ1) is 24.4. The van der Waals surface area contributed by atoms with Crippen LogP contribution in [0.3, 0.4) is 0 Å². The van der Waals surface area contributed by atoms with Crippen LogP contribution in [0.4, 0.5) is 25.1 Å². The number of aryl methyl sites for hydroxylation is 1. The second kappa shape index (κ2) is 17.6. The van der Waals surface area contributed by atoms with Crippen LogP contribution < -0.4 is 37.1 Å². The lowest BCUT2D eigenvalue weighted by atomic mass is 10.0. The molecular formula is C34H39F2N11O3. The molecule has 50 heavy (non-hydrogen) atoms. The summed E-state index contributed by atoms with van der Waals surface area (Å²) in [6.45, 7) is 5.35. The van der Waals surface area contributed by atoms with E-state index in [9.17, 15) is 9.59 Å². The lowest BCUT2D eigenvalue weighted by molar-refractivity contribution is 0.0952. The number of nitrogens with zero attached hydrogens (tertiary/aromatic N) is 5. The van der Waals surface area contributed by atoms with Crippen LogP contribution in [-0.4, -0.2) is 75.5 Å². The van der Waals surface area contributed by atoms with Crippen LogP contribution in [0.25, 0.3) is 16.9 Å². The predicted molar refractivity (Wildman–Crippen MR) is 184 cm³/mol. The van der Waals surface area contributed by atoms with Crippen molar-refractivity contribution in [2.75, 3.05) is 44.6 Å². The van der Waals surface area contributed by atoms with Crippen molar-refractivity contribution >= 4 is 29.1 Å². The van der Waals surface area contributed by atoms with Gasteiger partial charge in [-0.15, -0.1) is 0 Å². The van der Waals surface area contributed by atoms with E-state index in [2.05, 4.69) is 46.5 Å². The second-order valence-corrected chi connectivity index (χ2v) is 11.0. The number of amides is 3. The number of anilines is 2. The maximum Gasteiger partial charge on any atom is 0.314 e. The number of nitrogens with one attached hydrogen (secondary N) is 5. The molecule has 2 aromatic carbocycles. The van der Waals surface area contributed by atoms with E-state index in [0.717, 1.165) is 18.5 Å². The van der Waals surface area contributed by atoms with Crippen molar-refractivity contribution in [3.63, 3.8) is 0 Å². The smallest absolute Gasteiger partial charge is 0.314 e. The van der Waals surface area contributed by atoms with E-state index in [1.54, 1.807) is 22.7 Å². The largest absolute Gasteiger partial charge is 0.436 e. The number of hydrogen-bond donors (Lipinski definition) is 6. The third kappa shape index (κ3) is 9.03. The first kappa shape index (κ1) is 35.6. The van der Waals surface area contributed by atoms with Gasteiger partial charge in [0.1, 0.15) is 6.33 Å². The quantitative estimate of drug-likeness (QED) is 0.0783. The lowest BCUT2D eigenvalue weighted by Gasteiger charge is -2.13. The Morgan fingerprint density at radius 3 is 2.54 bits per heavy atom. The van der Waals surface area contributed by atoms with E-state index in [1.807, 2.05) is 13.0 Å². The van der Waals surface area contributed by atoms with E-state index >= 15 is 8.78 Å². The van der Waals surface area contributed by atoms with Gasteiger partial charge in [0.2, 0.25) is 11.7 Å². The molecule has 262 valence electrons. The molecule has 14 nitrogen and oxygen atoms in total. The Labute approximate surface area is 287 Å². The minimum Gasteiger partial charge on any atom is -0.436 e. The number of benzene rings is 2. The molecule has 0 spiro atoms. The van der Waals surface area contributed by atoms with Gasteiger partial charge in [-0.05, 0) is 68.2 Å². The van der Waals surface area contributed by atoms with E-state index in [-0.39, 0.29) is 29.1 Å². The van der Waals surface area contributed by atoms with Crippen LogP contribution in [0.15, 0.2) is 67.5 Å². The molecule has 0 saturated heterocycles. The fourth-order valence-electron chi connectivity index (χ4n) is 5.06. The molecule has 0 fully saturated rings. The van der Waals surface area contributed by atoms with Gasteiger partial charge >= 0.3 is 6.03 Å². The van der Waals surface area contributed by atoms with Crippen molar-refractivity contribution in [2.24, 2.45) is 5.73 Å². The number of carbonyl (C=O) groups is 2. The number of hydrogen-bond acceptors (Lipinski definition) is 10. The monoisotopic (exact) mass is 687 g/mol. The zero-order valence-corrected chi connectivity index (χ0v) is 27.5. The number of halogens is 2. The van der Waals surface area contributed by atoms with Crippen molar-refractivity contribution < 1.29 is 23.1 Å². The molecule has 0 bridgehead atoms. The van der Waals surface area contributed by atoms with Crippen molar-refractivity contribution in [2.45, 2.75) is 26.2 Å². The maximum absolute atomic E-state index is 15.3. The Morgan fingerprint density at radius 2 is 1.74 bits per heavy atom. The van der Waals surface area contributed by atoms with Crippen LogP contribution in [-0.2, 0) is 6.42 Å². The summed E-state index contributed by atoms with van der Waals surface area (Å²) in [4.78, 5) is 41.4. The topological polar surface area (TPSA) is 186 Å². The molecule has 5 rings (SSSR count). The molecular weight excluding hydrogens is 648 g/mol. The van der Waals surface area contributed by atoms with Crippen LogP contribution >= 0.6 is 0 Å². The molecule has 3 amide bonds. The molecule has 7 N–H and O–H groups in total. The molecule has 0 atom stereocenters. The highest BCUT2D eigenvalue weighted by atomic mass is 19.2. The first-order valence-corrected chi connectivity index (χ1v) is 16.2. The molecule has 0 saturated carbocycles. The van der Waals surface area contributed by atoms with E-state index in [0.29, 0.717) is 74.0 Å². The third-order valence-electron chi connectivity index (χ3n) is 7.58. The van der Waals surface area contributed by atoms with Crippen LogP contribution in [0.2, 0.25) is 0 Å². The van der Waals surface area contributed by atoms with Crippen LogP contribution in [0, 0.1) is 11.6 Å². The van der Waals surface area contributed by atoms with E-state index in [1.165, 1.54) is 43.1 Å². The Kier molecular flexibility index (Phi) is 12.5. The lowest BCUT2D eigenvalue weighted by Crippen LogP contribution is -2.40. The summed E-state index contributed by atoms with van der Waals surface area (Å²) in [6, 6.07) is 9.24. The van der Waals surface area contributed by atoms with E-state index in [4.69, 9.17) is 10.5 Å². The Morgan fingerprint density at radius 1 is 0.900 bits per heavy atom. The highest BCUT2D eigenvalue weighted by Crippen LogP contribution is 2.33. The zero-order valence-electron chi connectivity index (χ0n) is 27.5. The maximum atomic E-state index is 15.3. The predicted octanol–water partition coefficient (Wildman–Crippen LogP) is 3.92. The molecule has 0 unspecified atom stereocenters. The SMILES string of the molecule is CCc1cc(Nc2nccn3c(-c4ccc(Oc5ccncn5)c(F)c4F)cnc23)ccc1C(=O)NCCCNC(=O)NCCNCCCN. The summed E-state index contributed by atoms with van der Waals surface area (Å²) < 4.78 is 37.3. The van der Waals surface area contributed by atoms with Gasteiger partial charge in [-0.25, -0.2) is 29.1 Å². The van der Waals surface area contributed by atoms with E-state index < -0.39 is 11.6 Å². The molecule has 0 aliphatic heterocycles. The van der Waals surface area contributed by atoms with Gasteiger partial charge in [0.25, 0.3) is 5.91 Å². The number of imidazole rings is 1. The molecule has 3 aromatic heterocycles. The number of fused-ring (bicyclic) bond motifs is 1. The standard InChI is InChI=1S/C34H39F2N11O3/c1-2-22-19-23(5-6-24(22)33(48)41-12-4-13-42-34(49)43-16-15-38-11-3-10-37)46-31-32-44-20-26(47(32)18-17-40-31)25-7-8-27(30(36)29(25)35)50-28-9-14-39-21-45-28/h5-9,14,17-21,38H,2-4,10-13,15-16,37H2,1H3,(H,40,46)(H,41,48)(H2,42,43,49). The summed E-state index contributed by atoms with van der Waals surface area (Å²) in [5.74, 6) is -2.36. The third-order valence-corrected chi connectivity index (χ3v) is 7.58. The van der Waals surface area contributed by atoms with Gasteiger partial charge in [-0.1, -0.05) is 6.92 Å².